The monoisotopic (exact) mass is 328 g/mol. The molecule has 6 unspecified atom stereocenters. The third-order valence-electron chi connectivity index (χ3n) is 7.83. The van der Waals surface area contributed by atoms with Crippen LogP contribution in [0.1, 0.15) is 39.5 Å². The van der Waals surface area contributed by atoms with Gasteiger partial charge in [0.25, 0.3) is 5.60 Å². The Balaban J connectivity index is 1.66. The molecule has 22 heavy (non-hydrogen) atoms. The summed E-state index contributed by atoms with van der Waals surface area (Å²) < 4.78 is 77.7. The van der Waals surface area contributed by atoms with Crippen LogP contribution in [0.3, 0.4) is 0 Å². The normalized spacial score (nSPS) is 52.5. The fourth-order valence-corrected chi connectivity index (χ4v) is 6.85. The fourth-order valence-electron chi connectivity index (χ4n) is 6.85. The molecular weight excluding hydrogens is 310 g/mol. The third-order valence-corrected chi connectivity index (χ3v) is 7.83. The lowest BCUT2D eigenvalue weighted by atomic mass is 9.75. The van der Waals surface area contributed by atoms with Gasteiger partial charge in [-0.05, 0) is 59.7 Å². The van der Waals surface area contributed by atoms with Crippen molar-refractivity contribution in [2.24, 2.45) is 34.0 Å². The SMILES string of the molecule is CC1C2C13CC(CC(O)(C(F)(F)F)C(F)(F)F)C1(C3)CC21C. The summed E-state index contributed by atoms with van der Waals surface area (Å²) in [6, 6.07) is 0. The lowest BCUT2D eigenvalue weighted by molar-refractivity contribution is -0.373. The van der Waals surface area contributed by atoms with Crippen molar-refractivity contribution in [2.45, 2.75) is 57.5 Å². The minimum Gasteiger partial charge on any atom is -0.374 e. The van der Waals surface area contributed by atoms with Crippen LogP contribution in [0.25, 0.3) is 0 Å². The van der Waals surface area contributed by atoms with Crippen molar-refractivity contribution >= 4 is 0 Å². The van der Waals surface area contributed by atoms with Crippen molar-refractivity contribution in [1.82, 2.24) is 0 Å². The van der Waals surface area contributed by atoms with Gasteiger partial charge in [-0.3, -0.25) is 0 Å². The smallest absolute Gasteiger partial charge is 0.374 e. The molecule has 4 saturated carbocycles. The highest BCUT2D eigenvalue weighted by Crippen LogP contribution is 2.99. The van der Waals surface area contributed by atoms with Crippen LogP contribution in [0.2, 0.25) is 0 Å². The van der Waals surface area contributed by atoms with Gasteiger partial charge in [0.05, 0.1) is 0 Å². The van der Waals surface area contributed by atoms with Crippen molar-refractivity contribution in [3.8, 4) is 0 Å². The summed E-state index contributed by atoms with van der Waals surface area (Å²) in [5, 5.41) is 9.50. The third kappa shape index (κ3) is 1.28. The van der Waals surface area contributed by atoms with Crippen LogP contribution < -0.4 is 0 Å². The van der Waals surface area contributed by atoms with Gasteiger partial charge in [-0.15, -0.1) is 0 Å². The Hall–Kier alpha value is -0.460. The van der Waals surface area contributed by atoms with E-state index in [1.54, 1.807) is 0 Å². The Labute approximate surface area is 124 Å². The molecule has 0 heterocycles. The molecule has 4 aliphatic carbocycles. The van der Waals surface area contributed by atoms with Gasteiger partial charge < -0.3 is 5.11 Å². The summed E-state index contributed by atoms with van der Waals surface area (Å²) in [5.74, 6) is 0.163. The Bertz CT molecular complexity index is 537. The first-order valence-corrected chi connectivity index (χ1v) is 7.61. The largest absolute Gasteiger partial charge is 0.426 e. The molecule has 6 atom stereocenters. The maximum atomic E-state index is 12.9. The van der Waals surface area contributed by atoms with E-state index < -0.39 is 35.7 Å². The molecule has 4 fully saturated rings. The zero-order valence-electron chi connectivity index (χ0n) is 12.3. The highest BCUT2D eigenvalue weighted by Gasteiger charge is 2.93. The van der Waals surface area contributed by atoms with Gasteiger partial charge >= 0.3 is 12.4 Å². The molecule has 0 aliphatic heterocycles. The molecule has 4 rings (SSSR count). The highest BCUT2D eigenvalue weighted by molar-refractivity contribution is 5.40. The quantitative estimate of drug-likeness (QED) is 0.749. The van der Waals surface area contributed by atoms with Gasteiger partial charge in [-0.1, -0.05) is 13.8 Å². The summed E-state index contributed by atoms with van der Waals surface area (Å²) >= 11 is 0. The van der Waals surface area contributed by atoms with E-state index in [2.05, 4.69) is 6.92 Å². The van der Waals surface area contributed by atoms with Crippen molar-refractivity contribution in [1.29, 1.82) is 0 Å². The number of rotatable bonds is 2. The molecule has 126 valence electrons. The van der Waals surface area contributed by atoms with E-state index in [0.717, 1.165) is 6.42 Å². The molecule has 0 amide bonds. The first kappa shape index (κ1) is 15.1. The second-order valence-corrected chi connectivity index (χ2v) is 8.39. The summed E-state index contributed by atoms with van der Waals surface area (Å²) in [7, 11) is 0. The fraction of sp³-hybridized carbons (Fsp3) is 1.00. The molecule has 2 bridgehead atoms. The maximum absolute atomic E-state index is 12.9. The van der Waals surface area contributed by atoms with Gasteiger partial charge in [0.1, 0.15) is 0 Å². The van der Waals surface area contributed by atoms with Gasteiger partial charge in [-0.25, -0.2) is 0 Å². The number of hydrogen-bond acceptors (Lipinski definition) is 1. The number of aliphatic hydroxyl groups is 1. The standard InChI is InChI=1S/C15H18F6O/c1-7-9-10(2)5-12(10)6-11(7,9)3-8(12)4-13(22,14(16,17)18)15(19,20)21/h7-9,22H,3-6H2,1-2H3. The minimum atomic E-state index is -5.69. The van der Waals surface area contributed by atoms with E-state index in [1.807, 2.05) is 6.92 Å². The lowest BCUT2D eigenvalue weighted by Gasteiger charge is -2.37. The second-order valence-electron chi connectivity index (χ2n) is 8.39. The molecule has 0 aromatic rings. The van der Waals surface area contributed by atoms with Crippen molar-refractivity contribution in [2.75, 3.05) is 0 Å². The predicted molar refractivity (Wildman–Crippen MR) is 64.6 cm³/mol. The van der Waals surface area contributed by atoms with Gasteiger partial charge in [0, 0.05) is 0 Å². The average Bonchev–Trinajstić information content (AvgIpc) is 3.01. The molecule has 0 aromatic heterocycles. The molecule has 0 saturated heterocycles. The van der Waals surface area contributed by atoms with Crippen LogP contribution in [0, 0.1) is 34.0 Å². The van der Waals surface area contributed by atoms with E-state index in [9.17, 15) is 31.4 Å². The maximum Gasteiger partial charge on any atom is 0.426 e. The zero-order chi connectivity index (χ0) is 16.6. The van der Waals surface area contributed by atoms with E-state index >= 15 is 0 Å². The van der Waals surface area contributed by atoms with E-state index in [4.69, 9.17) is 0 Å². The number of alkyl halides is 6. The molecule has 7 heteroatoms. The van der Waals surface area contributed by atoms with Crippen LogP contribution in [-0.4, -0.2) is 23.1 Å². The second kappa shape index (κ2) is 3.33. The summed E-state index contributed by atoms with van der Waals surface area (Å²) in [6.07, 6.45) is -10.8. The number of halogens is 6. The molecule has 1 N–H and O–H groups in total. The Kier molecular flexibility index (Phi) is 2.28. The molecule has 4 aliphatic rings. The molecular formula is C15H18F6O. The molecule has 2 spiro atoms. The number of fused-ring (bicyclic) bond motifs is 1. The average molecular weight is 328 g/mol. The molecule has 0 aromatic carbocycles. The zero-order valence-corrected chi connectivity index (χ0v) is 12.3. The molecule has 1 nitrogen and oxygen atoms in total. The van der Waals surface area contributed by atoms with Crippen LogP contribution in [0.15, 0.2) is 0 Å². The first-order chi connectivity index (χ1) is 9.75. The van der Waals surface area contributed by atoms with E-state index in [0.29, 0.717) is 24.7 Å². The predicted octanol–water partition coefficient (Wildman–Crippen LogP) is 4.30. The Morgan fingerprint density at radius 2 is 1.59 bits per heavy atom. The van der Waals surface area contributed by atoms with E-state index in [-0.39, 0.29) is 10.8 Å². The van der Waals surface area contributed by atoms with Crippen LogP contribution in [-0.2, 0) is 0 Å². The highest BCUT2D eigenvalue weighted by atomic mass is 19.4. The lowest BCUT2D eigenvalue weighted by Crippen LogP contribution is -2.58. The molecule has 0 radical (unpaired) electrons. The van der Waals surface area contributed by atoms with Crippen molar-refractivity contribution in [3.05, 3.63) is 0 Å². The summed E-state index contributed by atoms with van der Waals surface area (Å²) in [6.45, 7) is 4.07. The van der Waals surface area contributed by atoms with Crippen LogP contribution in [0.4, 0.5) is 26.3 Å². The van der Waals surface area contributed by atoms with Gasteiger partial charge in [0.15, 0.2) is 0 Å². The summed E-state index contributed by atoms with van der Waals surface area (Å²) in [4.78, 5) is 0. The van der Waals surface area contributed by atoms with Crippen molar-refractivity contribution < 1.29 is 31.4 Å². The van der Waals surface area contributed by atoms with Gasteiger partial charge in [-0.2, -0.15) is 26.3 Å². The van der Waals surface area contributed by atoms with Crippen LogP contribution in [0.5, 0.6) is 0 Å². The Morgan fingerprint density at radius 1 is 1.05 bits per heavy atom. The Morgan fingerprint density at radius 3 is 2.00 bits per heavy atom. The minimum absolute atomic E-state index is 0.0459. The summed E-state index contributed by atoms with van der Waals surface area (Å²) in [5.41, 5.74) is -5.13. The topological polar surface area (TPSA) is 20.2 Å². The first-order valence-electron chi connectivity index (χ1n) is 7.61. The van der Waals surface area contributed by atoms with E-state index in [1.165, 1.54) is 0 Å². The van der Waals surface area contributed by atoms with Crippen molar-refractivity contribution in [3.63, 3.8) is 0 Å². The number of hydrogen-bond donors (Lipinski definition) is 1. The van der Waals surface area contributed by atoms with Crippen LogP contribution >= 0.6 is 0 Å². The van der Waals surface area contributed by atoms with Gasteiger partial charge in [0.2, 0.25) is 0 Å².